The lowest BCUT2D eigenvalue weighted by Crippen LogP contribution is -2.36. The summed E-state index contributed by atoms with van der Waals surface area (Å²) in [6, 6.07) is 12.7. The lowest BCUT2D eigenvalue weighted by Gasteiger charge is -2.22. The highest BCUT2D eigenvalue weighted by Crippen LogP contribution is 2.30. The minimum absolute atomic E-state index is 0.0261. The molecule has 6 heteroatoms. The van der Waals surface area contributed by atoms with Crippen molar-refractivity contribution in [2.45, 2.75) is 13.5 Å². The summed E-state index contributed by atoms with van der Waals surface area (Å²) in [5.41, 5.74) is 1.99. The molecule has 0 spiro atoms. The number of hydrogen-bond donors (Lipinski definition) is 1. The number of rotatable bonds is 5. The summed E-state index contributed by atoms with van der Waals surface area (Å²) >= 11 is 0. The Kier molecular flexibility index (Phi) is 4.88. The molecular formula is C19H20N2O4. The SMILES string of the molecule is CCOc1ccc(CN2C(=O)CNC(=O)c3ccccc32)cc1OC. The van der Waals surface area contributed by atoms with E-state index in [4.69, 9.17) is 9.47 Å². The maximum atomic E-state index is 12.5. The average Bonchev–Trinajstić information content (AvgIpc) is 2.75. The molecular weight excluding hydrogens is 320 g/mol. The fraction of sp³-hybridized carbons (Fsp3) is 0.263. The van der Waals surface area contributed by atoms with Gasteiger partial charge in [0.25, 0.3) is 5.91 Å². The molecule has 2 amide bonds. The third-order valence-corrected chi connectivity index (χ3v) is 4.01. The first-order valence-electron chi connectivity index (χ1n) is 8.11. The molecule has 25 heavy (non-hydrogen) atoms. The van der Waals surface area contributed by atoms with Crippen LogP contribution in [0.3, 0.4) is 0 Å². The first-order valence-corrected chi connectivity index (χ1v) is 8.11. The van der Waals surface area contributed by atoms with Gasteiger partial charge in [0, 0.05) is 0 Å². The monoisotopic (exact) mass is 340 g/mol. The molecule has 0 atom stereocenters. The number of anilines is 1. The van der Waals surface area contributed by atoms with E-state index in [-0.39, 0.29) is 18.4 Å². The van der Waals surface area contributed by atoms with E-state index in [9.17, 15) is 9.59 Å². The van der Waals surface area contributed by atoms with E-state index in [2.05, 4.69) is 5.32 Å². The van der Waals surface area contributed by atoms with Crippen LogP contribution >= 0.6 is 0 Å². The van der Waals surface area contributed by atoms with Crippen LogP contribution in [0.2, 0.25) is 0 Å². The van der Waals surface area contributed by atoms with Gasteiger partial charge in [0.15, 0.2) is 11.5 Å². The van der Waals surface area contributed by atoms with Crippen molar-refractivity contribution in [3.63, 3.8) is 0 Å². The third kappa shape index (κ3) is 3.42. The van der Waals surface area contributed by atoms with Gasteiger partial charge < -0.3 is 19.7 Å². The zero-order valence-corrected chi connectivity index (χ0v) is 14.2. The van der Waals surface area contributed by atoms with Gasteiger partial charge in [-0.15, -0.1) is 0 Å². The van der Waals surface area contributed by atoms with Crippen molar-refractivity contribution in [2.75, 3.05) is 25.2 Å². The Morgan fingerprint density at radius 3 is 2.68 bits per heavy atom. The number of ether oxygens (including phenoxy) is 2. The summed E-state index contributed by atoms with van der Waals surface area (Å²) < 4.78 is 10.9. The van der Waals surface area contributed by atoms with Crippen LogP contribution in [0, 0.1) is 0 Å². The molecule has 2 aromatic rings. The summed E-state index contributed by atoms with van der Waals surface area (Å²) in [6.07, 6.45) is 0. The summed E-state index contributed by atoms with van der Waals surface area (Å²) in [7, 11) is 1.58. The molecule has 0 aliphatic carbocycles. The summed E-state index contributed by atoms with van der Waals surface area (Å²) in [6.45, 7) is 2.76. The highest BCUT2D eigenvalue weighted by Gasteiger charge is 2.26. The Morgan fingerprint density at radius 2 is 1.92 bits per heavy atom. The molecule has 0 saturated heterocycles. The smallest absolute Gasteiger partial charge is 0.253 e. The number of nitrogens with zero attached hydrogens (tertiary/aromatic N) is 1. The second-order valence-corrected chi connectivity index (χ2v) is 5.60. The lowest BCUT2D eigenvalue weighted by molar-refractivity contribution is -0.117. The summed E-state index contributed by atoms with van der Waals surface area (Å²) in [5.74, 6) is 0.874. The number of fused-ring (bicyclic) bond motifs is 1. The zero-order chi connectivity index (χ0) is 17.8. The molecule has 0 bridgehead atoms. The van der Waals surface area contributed by atoms with Gasteiger partial charge in [-0.05, 0) is 36.8 Å². The molecule has 1 aliphatic rings. The van der Waals surface area contributed by atoms with Crippen LogP contribution in [0.5, 0.6) is 11.5 Å². The fourth-order valence-electron chi connectivity index (χ4n) is 2.82. The van der Waals surface area contributed by atoms with Crippen LogP contribution in [-0.4, -0.2) is 32.1 Å². The molecule has 2 aromatic carbocycles. The maximum absolute atomic E-state index is 12.5. The highest BCUT2D eigenvalue weighted by molar-refractivity contribution is 6.09. The highest BCUT2D eigenvalue weighted by atomic mass is 16.5. The van der Waals surface area contributed by atoms with Crippen LogP contribution in [0.15, 0.2) is 42.5 Å². The molecule has 0 radical (unpaired) electrons. The average molecular weight is 340 g/mol. The number of carbonyl (C=O) groups is 2. The molecule has 1 heterocycles. The number of methoxy groups -OCH3 is 1. The van der Waals surface area contributed by atoms with E-state index in [0.29, 0.717) is 35.9 Å². The minimum atomic E-state index is -0.240. The van der Waals surface area contributed by atoms with Gasteiger partial charge in [-0.3, -0.25) is 9.59 Å². The van der Waals surface area contributed by atoms with Gasteiger partial charge in [-0.25, -0.2) is 0 Å². The topological polar surface area (TPSA) is 67.9 Å². The number of para-hydroxylation sites is 1. The lowest BCUT2D eigenvalue weighted by atomic mass is 10.1. The zero-order valence-electron chi connectivity index (χ0n) is 14.2. The van der Waals surface area contributed by atoms with Crippen LogP contribution < -0.4 is 19.7 Å². The molecule has 0 saturated carbocycles. The van der Waals surface area contributed by atoms with Gasteiger partial charge in [0.2, 0.25) is 5.91 Å². The van der Waals surface area contributed by atoms with E-state index < -0.39 is 0 Å². The Balaban J connectivity index is 1.95. The maximum Gasteiger partial charge on any atom is 0.253 e. The molecule has 0 unspecified atom stereocenters. The van der Waals surface area contributed by atoms with Crippen molar-refractivity contribution < 1.29 is 19.1 Å². The summed E-state index contributed by atoms with van der Waals surface area (Å²) in [5, 5.41) is 2.64. The molecule has 6 nitrogen and oxygen atoms in total. The number of benzene rings is 2. The van der Waals surface area contributed by atoms with E-state index in [1.807, 2.05) is 31.2 Å². The molecule has 3 rings (SSSR count). The second kappa shape index (κ2) is 7.25. The largest absolute Gasteiger partial charge is 0.493 e. The van der Waals surface area contributed by atoms with Gasteiger partial charge in [-0.2, -0.15) is 0 Å². The van der Waals surface area contributed by atoms with Crippen LogP contribution in [0.25, 0.3) is 0 Å². The summed E-state index contributed by atoms with van der Waals surface area (Å²) in [4.78, 5) is 26.3. The van der Waals surface area contributed by atoms with Crippen molar-refractivity contribution in [1.82, 2.24) is 5.32 Å². The number of carbonyl (C=O) groups excluding carboxylic acids is 2. The first-order chi connectivity index (χ1) is 12.1. The van der Waals surface area contributed by atoms with Gasteiger partial charge in [-0.1, -0.05) is 18.2 Å². The van der Waals surface area contributed by atoms with Crippen molar-refractivity contribution in [2.24, 2.45) is 0 Å². The van der Waals surface area contributed by atoms with E-state index >= 15 is 0 Å². The van der Waals surface area contributed by atoms with E-state index in [1.54, 1.807) is 30.2 Å². The van der Waals surface area contributed by atoms with Crippen molar-refractivity contribution in [3.8, 4) is 11.5 Å². The predicted molar refractivity (Wildman–Crippen MR) is 94.1 cm³/mol. The number of hydrogen-bond acceptors (Lipinski definition) is 4. The van der Waals surface area contributed by atoms with Gasteiger partial charge in [0.1, 0.15) is 0 Å². The van der Waals surface area contributed by atoms with Crippen molar-refractivity contribution >= 4 is 17.5 Å². The normalized spacial score (nSPS) is 13.8. The van der Waals surface area contributed by atoms with Crippen LogP contribution in [-0.2, 0) is 11.3 Å². The standard InChI is InChI=1S/C19H20N2O4/c1-3-25-16-9-8-13(10-17(16)24-2)12-21-15-7-5-4-6-14(15)19(23)20-11-18(21)22/h4-10H,3,11-12H2,1-2H3,(H,20,23). The Bertz CT molecular complexity index is 804. The minimum Gasteiger partial charge on any atom is -0.493 e. The Morgan fingerprint density at radius 1 is 1.12 bits per heavy atom. The number of nitrogens with one attached hydrogen (secondary N) is 1. The molecule has 0 fully saturated rings. The Labute approximate surface area is 146 Å². The molecule has 130 valence electrons. The van der Waals surface area contributed by atoms with Crippen molar-refractivity contribution in [1.29, 1.82) is 0 Å². The first kappa shape index (κ1) is 16.8. The molecule has 1 N–H and O–H groups in total. The van der Waals surface area contributed by atoms with E-state index in [0.717, 1.165) is 5.56 Å². The predicted octanol–water partition coefficient (Wildman–Crippen LogP) is 2.37. The van der Waals surface area contributed by atoms with Crippen molar-refractivity contribution in [3.05, 3.63) is 53.6 Å². The van der Waals surface area contributed by atoms with Crippen LogP contribution in [0.1, 0.15) is 22.8 Å². The Hall–Kier alpha value is -3.02. The number of amides is 2. The third-order valence-electron chi connectivity index (χ3n) is 4.01. The van der Waals surface area contributed by atoms with Crippen LogP contribution in [0.4, 0.5) is 5.69 Å². The molecule has 1 aliphatic heterocycles. The fourth-order valence-corrected chi connectivity index (χ4v) is 2.82. The van der Waals surface area contributed by atoms with Gasteiger partial charge in [0.05, 0.1) is 38.1 Å². The quantitative estimate of drug-likeness (QED) is 0.907. The second-order valence-electron chi connectivity index (χ2n) is 5.60. The molecule has 0 aromatic heterocycles. The van der Waals surface area contributed by atoms with E-state index in [1.165, 1.54) is 0 Å². The van der Waals surface area contributed by atoms with Gasteiger partial charge >= 0.3 is 0 Å².